The van der Waals surface area contributed by atoms with Crippen molar-refractivity contribution < 1.29 is 9.26 Å². The van der Waals surface area contributed by atoms with Crippen LogP contribution in [0.2, 0.25) is 0 Å². The number of likely N-dealkylation sites (tertiary alicyclic amines) is 1. The van der Waals surface area contributed by atoms with Gasteiger partial charge in [-0.3, -0.25) is 4.90 Å². The number of nitrogens with zero attached hydrogens (tertiary/aromatic N) is 4. The molecule has 0 radical (unpaired) electrons. The van der Waals surface area contributed by atoms with E-state index >= 15 is 0 Å². The number of aromatic nitrogens is 2. The molecule has 2 heterocycles. The van der Waals surface area contributed by atoms with E-state index in [4.69, 9.17) is 9.26 Å². The van der Waals surface area contributed by atoms with E-state index in [0.717, 1.165) is 50.8 Å². The lowest BCUT2D eigenvalue weighted by atomic mass is 10.2. The van der Waals surface area contributed by atoms with Crippen molar-refractivity contribution in [2.75, 3.05) is 33.3 Å². The normalized spacial score (nSPS) is 18.4. The molecule has 1 atom stereocenters. The van der Waals surface area contributed by atoms with Crippen molar-refractivity contribution in [2.45, 2.75) is 32.4 Å². The van der Waals surface area contributed by atoms with Gasteiger partial charge in [0, 0.05) is 26.1 Å². The van der Waals surface area contributed by atoms with Gasteiger partial charge in [-0.15, -0.1) is 0 Å². The second-order valence-electron chi connectivity index (χ2n) is 6.40. The minimum Gasteiger partial charge on any atom is -0.494 e. The minimum atomic E-state index is 0.554. The fourth-order valence-electron chi connectivity index (χ4n) is 3.13. The van der Waals surface area contributed by atoms with Crippen LogP contribution < -0.4 is 4.74 Å². The summed E-state index contributed by atoms with van der Waals surface area (Å²) in [6, 6.07) is 10.6. The largest absolute Gasteiger partial charge is 0.494 e. The van der Waals surface area contributed by atoms with Crippen molar-refractivity contribution in [3.63, 3.8) is 0 Å². The van der Waals surface area contributed by atoms with Crippen molar-refractivity contribution >= 4 is 0 Å². The molecule has 0 aliphatic carbocycles. The summed E-state index contributed by atoms with van der Waals surface area (Å²) >= 11 is 0. The third-order valence-corrected chi connectivity index (χ3v) is 4.46. The summed E-state index contributed by atoms with van der Waals surface area (Å²) in [6.07, 6.45) is 2.24. The van der Waals surface area contributed by atoms with Crippen LogP contribution in [0.25, 0.3) is 0 Å². The molecule has 1 aliphatic rings. The number of benzene rings is 1. The predicted octanol–water partition coefficient (Wildman–Crippen LogP) is 2.35. The van der Waals surface area contributed by atoms with Gasteiger partial charge in [0.1, 0.15) is 5.75 Å². The third kappa shape index (κ3) is 4.79. The maximum absolute atomic E-state index is 5.76. The standard InChI is InChI=1S/C18H26N4O2/c1-15-19-18(20-24-15)14-21(2)16-9-11-22(13-16)10-6-12-23-17-7-4-3-5-8-17/h3-5,7-8,16H,6,9-14H2,1-2H3/t16-/m1/s1. The topological polar surface area (TPSA) is 54.6 Å². The molecule has 0 unspecified atom stereocenters. The highest BCUT2D eigenvalue weighted by Gasteiger charge is 2.26. The summed E-state index contributed by atoms with van der Waals surface area (Å²) < 4.78 is 10.8. The zero-order valence-corrected chi connectivity index (χ0v) is 14.5. The van der Waals surface area contributed by atoms with Gasteiger partial charge in [0.15, 0.2) is 5.82 Å². The molecule has 1 aromatic heterocycles. The molecular weight excluding hydrogens is 304 g/mol. The average molecular weight is 330 g/mol. The summed E-state index contributed by atoms with van der Waals surface area (Å²) in [7, 11) is 2.14. The summed E-state index contributed by atoms with van der Waals surface area (Å²) in [6.45, 7) is 6.66. The highest BCUT2D eigenvalue weighted by atomic mass is 16.5. The number of aryl methyl sites for hydroxylation is 1. The third-order valence-electron chi connectivity index (χ3n) is 4.46. The Bertz CT molecular complexity index is 616. The lowest BCUT2D eigenvalue weighted by Crippen LogP contribution is -2.34. The van der Waals surface area contributed by atoms with Crippen LogP contribution in [0.4, 0.5) is 0 Å². The first-order valence-electron chi connectivity index (χ1n) is 8.60. The SMILES string of the molecule is Cc1nc(CN(C)[C@@H]2CCN(CCCOc3ccccc3)C2)no1. The van der Waals surface area contributed by atoms with Crippen LogP contribution in [0.5, 0.6) is 5.75 Å². The average Bonchev–Trinajstić information content (AvgIpc) is 3.22. The Balaban J connectivity index is 1.34. The van der Waals surface area contributed by atoms with Gasteiger partial charge in [-0.25, -0.2) is 0 Å². The summed E-state index contributed by atoms with van der Waals surface area (Å²) in [4.78, 5) is 9.12. The Hall–Kier alpha value is -1.92. The van der Waals surface area contributed by atoms with Gasteiger partial charge >= 0.3 is 0 Å². The van der Waals surface area contributed by atoms with E-state index in [1.54, 1.807) is 0 Å². The quantitative estimate of drug-likeness (QED) is 0.693. The molecule has 6 nitrogen and oxygen atoms in total. The predicted molar refractivity (Wildman–Crippen MR) is 91.9 cm³/mol. The monoisotopic (exact) mass is 330 g/mol. The van der Waals surface area contributed by atoms with E-state index in [1.807, 2.05) is 37.3 Å². The number of hydrogen-bond donors (Lipinski definition) is 0. The molecule has 0 N–H and O–H groups in total. The van der Waals surface area contributed by atoms with Crippen LogP contribution in [0.1, 0.15) is 24.6 Å². The van der Waals surface area contributed by atoms with Crippen molar-refractivity contribution in [2.24, 2.45) is 0 Å². The molecule has 2 aromatic rings. The van der Waals surface area contributed by atoms with Gasteiger partial charge in [0.05, 0.1) is 13.2 Å². The fourth-order valence-corrected chi connectivity index (χ4v) is 3.13. The number of likely N-dealkylation sites (N-methyl/N-ethyl adjacent to an activating group) is 1. The second kappa shape index (κ2) is 8.26. The van der Waals surface area contributed by atoms with Crippen LogP contribution in [0, 0.1) is 6.92 Å². The molecule has 3 rings (SSSR count). The maximum atomic E-state index is 5.76. The van der Waals surface area contributed by atoms with Crippen molar-refractivity contribution in [1.29, 1.82) is 0 Å². The molecule has 1 fully saturated rings. The first kappa shape index (κ1) is 16.9. The molecule has 1 saturated heterocycles. The van der Waals surface area contributed by atoms with Gasteiger partial charge in [-0.05, 0) is 38.6 Å². The van der Waals surface area contributed by atoms with E-state index in [-0.39, 0.29) is 0 Å². The summed E-state index contributed by atoms with van der Waals surface area (Å²) in [5, 5.41) is 3.98. The number of hydrogen-bond acceptors (Lipinski definition) is 6. The van der Waals surface area contributed by atoms with Crippen LogP contribution >= 0.6 is 0 Å². The second-order valence-corrected chi connectivity index (χ2v) is 6.40. The van der Waals surface area contributed by atoms with E-state index in [0.29, 0.717) is 11.9 Å². The van der Waals surface area contributed by atoms with Gasteiger partial charge in [0.2, 0.25) is 5.89 Å². The Morgan fingerprint density at radius 2 is 2.17 bits per heavy atom. The smallest absolute Gasteiger partial charge is 0.223 e. The lowest BCUT2D eigenvalue weighted by molar-refractivity contribution is 0.210. The number of ether oxygens (including phenoxy) is 1. The molecule has 0 saturated carbocycles. The Labute approximate surface area is 143 Å². The van der Waals surface area contributed by atoms with E-state index in [9.17, 15) is 0 Å². The Morgan fingerprint density at radius 3 is 2.92 bits per heavy atom. The highest BCUT2D eigenvalue weighted by molar-refractivity contribution is 5.20. The zero-order valence-electron chi connectivity index (χ0n) is 14.5. The van der Waals surface area contributed by atoms with Crippen molar-refractivity contribution in [1.82, 2.24) is 19.9 Å². The Morgan fingerprint density at radius 1 is 1.33 bits per heavy atom. The molecule has 0 bridgehead atoms. The molecule has 1 aliphatic heterocycles. The van der Waals surface area contributed by atoms with Crippen LogP contribution in [-0.2, 0) is 6.54 Å². The van der Waals surface area contributed by atoms with Crippen molar-refractivity contribution in [3.8, 4) is 5.75 Å². The van der Waals surface area contributed by atoms with E-state index < -0.39 is 0 Å². The molecule has 0 spiro atoms. The molecule has 6 heteroatoms. The summed E-state index contributed by atoms with van der Waals surface area (Å²) in [5.41, 5.74) is 0. The molecule has 130 valence electrons. The fraction of sp³-hybridized carbons (Fsp3) is 0.556. The molecule has 24 heavy (non-hydrogen) atoms. The van der Waals surface area contributed by atoms with E-state index in [2.05, 4.69) is 27.0 Å². The van der Waals surface area contributed by atoms with Gasteiger partial charge in [-0.2, -0.15) is 4.98 Å². The number of para-hydroxylation sites is 1. The molecular formula is C18H26N4O2. The maximum Gasteiger partial charge on any atom is 0.223 e. The molecule has 0 amide bonds. The van der Waals surface area contributed by atoms with Crippen LogP contribution in [-0.4, -0.2) is 59.3 Å². The summed E-state index contributed by atoms with van der Waals surface area (Å²) in [5.74, 6) is 2.35. The van der Waals surface area contributed by atoms with Crippen molar-refractivity contribution in [3.05, 3.63) is 42.0 Å². The highest BCUT2D eigenvalue weighted by Crippen LogP contribution is 2.16. The first-order valence-corrected chi connectivity index (χ1v) is 8.60. The number of rotatable bonds is 8. The van der Waals surface area contributed by atoms with Crippen LogP contribution in [0.3, 0.4) is 0 Å². The van der Waals surface area contributed by atoms with Gasteiger partial charge < -0.3 is 14.2 Å². The lowest BCUT2D eigenvalue weighted by Gasteiger charge is -2.23. The van der Waals surface area contributed by atoms with Gasteiger partial charge in [-0.1, -0.05) is 23.4 Å². The van der Waals surface area contributed by atoms with Gasteiger partial charge in [0.25, 0.3) is 0 Å². The first-order chi connectivity index (χ1) is 11.7. The minimum absolute atomic E-state index is 0.554. The van der Waals surface area contributed by atoms with E-state index in [1.165, 1.54) is 6.42 Å². The van der Waals surface area contributed by atoms with Crippen LogP contribution in [0.15, 0.2) is 34.9 Å². The Kier molecular flexibility index (Phi) is 5.82. The zero-order chi connectivity index (χ0) is 16.8. The molecule has 1 aromatic carbocycles.